The molecule has 1 nitrogen and oxygen atoms in total. The summed E-state index contributed by atoms with van der Waals surface area (Å²) in [7, 11) is 0. The Morgan fingerprint density at radius 2 is 2.24 bits per heavy atom. The van der Waals surface area contributed by atoms with Gasteiger partial charge >= 0.3 is 0 Å². The van der Waals surface area contributed by atoms with Gasteiger partial charge in [0, 0.05) is 12.3 Å². The van der Waals surface area contributed by atoms with Gasteiger partial charge < -0.3 is 4.74 Å². The van der Waals surface area contributed by atoms with Crippen molar-refractivity contribution in [2.24, 2.45) is 0 Å². The minimum Gasteiger partial charge on any atom is -0.492 e. The van der Waals surface area contributed by atoms with Crippen molar-refractivity contribution in [2.75, 3.05) is 12.5 Å². The maximum atomic E-state index is 13.1. The molecule has 0 bridgehead atoms. The molecule has 0 spiro atoms. The Bertz CT molecular complexity index is 406. The first kappa shape index (κ1) is 13.9. The molecule has 0 aromatic heterocycles. The van der Waals surface area contributed by atoms with Crippen molar-refractivity contribution >= 4 is 11.6 Å². The number of halogens is 2. The second-order valence-electron chi connectivity index (χ2n) is 3.58. The molecule has 3 heteroatoms. The molecule has 0 N–H and O–H groups in total. The summed E-state index contributed by atoms with van der Waals surface area (Å²) in [5, 5.41) is 0. The highest BCUT2D eigenvalue weighted by Crippen LogP contribution is 2.19. The molecular weight excluding hydrogens is 239 g/mol. The van der Waals surface area contributed by atoms with Crippen molar-refractivity contribution in [3.63, 3.8) is 0 Å². The lowest BCUT2D eigenvalue weighted by atomic mass is 10.2. The molecule has 1 rings (SSSR count). The molecule has 0 radical (unpaired) electrons. The minimum absolute atomic E-state index is 0.303. The third-order valence-corrected chi connectivity index (χ3v) is 2.33. The largest absolute Gasteiger partial charge is 0.492 e. The summed E-state index contributed by atoms with van der Waals surface area (Å²) in [4.78, 5) is 0. The fourth-order valence-corrected chi connectivity index (χ4v) is 1.35. The Labute approximate surface area is 107 Å². The van der Waals surface area contributed by atoms with Crippen LogP contribution in [0.2, 0.25) is 0 Å². The van der Waals surface area contributed by atoms with E-state index in [0.717, 1.165) is 12.8 Å². The van der Waals surface area contributed by atoms with Gasteiger partial charge in [-0.25, -0.2) is 4.39 Å². The average Bonchev–Trinajstić information content (AvgIpc) is 2.32. The second-order valence-corrected chi connectivity index (χ2v) is 3.96. The quantitative estimate of drug-likeness (QED) is 0.439. The zero-order chi connectivity index (χ0) is 12.5. The van der Waals surface area contributed by atoms with Gasteiger partial charge in [0.2, 0.25) is 0 Å². The number of alkyl halides is 1. The Morgan fingerprint density at radius 3 is 2.94 bits per heavy atom. The van der Waals surface area contributed by atoms with Crippen LogP contribution in [0.1, 0.15) is 31.7 Å². The van der Waals surface area contributed by atoms with Gasteiger partial charge in [-0.1, -0.05) is 25.2 Å². The summed E-state index contributed by atoms with van der Waals surface area (Å²) in [5.41, 5.74) is 0.589. The first-order valence-corrected chi connectivity index (χ1v) is 6.28. The molecule has 0 aliphatic carbocycles. The van der Waals surface area contributed by atoms with Crippen LogP contribution in [-0.2, 0) is 0 Å². The van der Waals surface area contributed by atoms with Crippen LogP contribution in [0.5, 0.6) is 5.75 Å². The lowest BCUT2D eigenvalue weighted by Crippen LogP contribution is -1.98. The molecular formula is C14H16ClFO. The summed E-state index contributed by atoms with van der Waals surface area (Å²) in [6, 6.07) is 4.40. The summed E-state index contributed by atoms with van der Waals surface area (Å²) in [6.07, 6.45) is 2.63. The average molecular weight is 255 g/mol. The molecule has 0 atom stereocenters. The third kappa shape index (κ3) is 5.10. The first-order valence-electron chi connectivity index (χ1n) is 5.75. The van der Waals surface area contributed by atoms with E-state index < -0.39 is 0 Å². The van der Waals surface area contributed by atoms with Gasteiger partial charge in [0.25, 0.3) is 0 Å². The van der Waals surface area contributed by atoms with Gasteiger partial charge in [-0.05, 0) is 24.6 Å². The SMILES string of the molecule is CCCCOc1ccc(F)cc1C#CCCCl. The van der Waals surface area contributed by atoms with E-state index in [-0.39, 0.29) is 5.82 Å². The maximum absolute atomic E-state index is 13.1. The van der Waals surface area contributed by atoms with Crippen molar-refractivity contribution < 1.29 is 9.13 Å². The highest BCUT2D eigenvalue weighted by Gasteiger charge is 2.02. The van der Waals surface area contributed by atoms with Gasteiger partial charge in [0.15, 0.2) is 0 Å². The van der Waals surface area contributed by atoms with Crippen molar-refractivity contribution in [1.82, 2.24) is 0 Å². The normalized spacial score (nSPS) is 9.59. The Kier molecular flexibility index (Phi) is 6.50. The van der Waals surface area contributed by atoms with E-state index in [1.165, 1.54) is 12.1 Å². The van der Waals surface area contributed by atoms with Gasteiger partial charge in [0.1, 0.15) is 11.6 Å². The highest BCUT2D eigenvalue weighted by atomic mass is 35.5. The zero-order valence-electron chi connectivity index (χ0n) is 9.93. The molecule has 0 aliphatic rings. The lowest BCUT2D eigenvalue weighted by molar-refractivity contribution is 0.308. The molecule has 0 saturated carbocycles. The molecule has 0 aliphatic heterocycles. The topological polar surface area (TPSA) is 9.23 Å². The number of rotatable bonds is 5. The van der Waals surface area contributed by atoms with Crippen molar-refractivity contribution in [3.05, 3.63) is 29.6 Å². The Morgan fingerprint density at radius 1 is 1.41 bits per heavy atom. The monoisotopic (exact) mass is 254 g/mol. The summed E-state index contributed by atoms with van der Waals surface area (Å²) in [6.45, 7) is 2.72. The number of hydrogen-bond donors (Lipinski definition) is 0. The van der Waals surface area contributed by atoms with E-state index in [1.54, 1.807) is 6.07 Å². The van der Waals surface area contributed by atoms with Crippen molar-refractivity contribution in [2.45, 2.75) is 26.2 Å². The number of hydrogen-bond acceptors (Lipinski definition) is 1. The molecule has 1 aromatic carbocycles. The Hall–Kier alpha value is -1.20. The standard InChI is InChI=1S/C14H16ClFO/c1-2-3-10-17-14-8-7-13(16)11-12(14)6-4-5-9-15/h7-8,11H,2-3,5,9-10H2,1H3. The minimum atomic E-state index is -0.303. The molecule has 17 heavy (non-hydrogen) atoms. The maximum Gasteiger partial charge on any atom is 0.135 e. The van der Waals surface area contributed by atoms with Crippen LogP contribution < -0.4 is 4.74 Å². The predicted molar refractivity (Wildman–Crippen MR) is 69.0 cm³/mol. The summed E-state index contributed by atoms with van der Waals surface area (Å²) in [5.74, 6) is 6.58. The van der Waals surface area contributed by atoms with E-state index in [1.807, 2.05) is 0 Å². The van der Waals surface area contributed by atoms with Crippen LogP contribution in [0.25, 0.3) is 0 Å². The van der Waals surface area contributed by atoms with Crippen LogP contribution in [0, 0.1) is 17.7 Å². The van der Waals surface area contributed by atoms with E-state index >= 15 is 0 Å². The van der Waals surface area contributed by atoms with Crippen LogP contribution in [0.15, 0.2) is 18.2 Å². The molecule has 0 unspecified atom stereocenters. The summed E-state index contributed by atoms with van der Waals surface area (Å²) < 4.78 is 18.7. The fourth-order valence-electron chi connectivity index (χ4n) is 1.26. The number of unbranched alkanes of at least 4 members (excludes halogenated alkanes) is 1. The van der Waals surface area contributed by atoms with Crippen molar-refractivity contribution in [3.8, 4) is 17.6 Å². The van der Waals surface area contributed by atoms with E-state index in [9.17, 15) is 4.39 Å². The Balaban J connectivity index is 2.77. The fraction of sp³-hybridized carbons (Fsp3) is 0.429. The zero-order valence-corrected chi connectivity index (χ0v) is 10.7. The lowest BCUT2D eigenvalue weighted by Gasteiger charge is -2.07. The van der Waals surface area contributed by atoms with Crippen molar-refractivity contribution in [1.29, 1.82) is 0 Å². The molecule has 92 valence electrons. The highest BCUT2D eigenvalue weighted by molar-refractivity contribution is 6.18. The van der Waals surface area contributed by atoms with E-state index in [0.29, 0.717) is 30.2 Å². The third-order valence-electron chi connectivity index (χ3n) is 2.14. The van der Waals surface area contributed by atoms with Gasteiger partial charge in [0.05, 0.1) is 12.2 Å². The second kappa shape index (κ2) is 7.97. The number of ether oxygens (including phenoxy) is 1. The van der Waals surface area contributed by atoms with Crippen LogP contribution >= 0.6 is 11.6 Å². The van der Waals surface area contributed by atoms with Crippen LogP contribution in [0.3, 0.4) is 0 Å². The number of benzene rings is 1. The van der Waals surface area contributed by atoms with Gasteiger partial charge in [-0.2, -0.15) is 0 Å². The molecule has 0 fully saturated rings. The molecule has 1 aromatic rings. The molecule has 0 amide bonds. The van der Waals surface area contributed by atoms with Crippen LogP contribution in [-0.4, -0.2) is 12.5 Å². The van der Waals surface area contributed by atoms with E-state index in [2.05, 4.69) is 18.8 Å². The molecule has 0 heterocycles. The predicted octanol–water partition coefficient (Wildman–Crippen LogP) is 3.99. The summed E-state index contributed by atoms with van der Waals surface area (Å²) >= 11 is 5.53. The smallest absolute Gasteiger partial charge is 0.135 e. The van der Waals surface area contributed by atoms with Gasteiger partial charge in [-0.15, -0.1) is 11.6 Å². The van der Waals surface area contributed by atoms with E-state index in [4.69, 9.17) is 16.3 Å². The van der Waals surface area contributed by atoms with Crippen LogP contribution in [0.4, 0.5) is 4.39 Å². The first-order chi connectivity index (χ1) is 8.27. The molecule has 0 saturated heterocycles. The van der Waals surface area contributed by atoms with Gasteiger partial charge in [-0.3, -0.25) is 0 Å².